The predicted octanol–water partition coefficient (Wildman–Crippen LogP) is 4.71. The normalized spacial score (nSPS) is 13.5. The molecule has 0 aliphatic heterocycles. The molecule has 0 radical (unpaired) electrons. The molecular weight excluding hydrogens is 296 g/mol. The molecule has 116 valence electrons. The summed E-state index contributed by atoms with van der Waals surface area (Å²) >= 11 is 6.24. The van der Waals surface area contributed by atoms with Crippen molar-refractivity contribution < 1.29 is 4.79 Å². The van der Waals surface area contributed by atoms with E-state index in [2.05, 4.69) is 24.5 Å². The Labute approximate surface area is 136 Å². The largest absolute Gasteiger partial charge is 0.326 e. The number of hydrogen-bond donors (Lipinski definition) is 2. The fraction of sp³-hybridized carbons (Fsp3) is 0.278. The van der Waals surface area contributed by atoms with Gasteiger partial charge in [0, 0.05) is 29.7 Å². The zero-order chi connectivity index (χ0) is 16.1. The van der Waals surface area contributed by atoms with E-state index in [-0.39, 0.29) is 18.0 Å². The van der Waals surface area contributed by atoms with E-state index in [0.717, 1.165) is 21.8 Å². The molecule has 0 saturated carbocycles. The van der Waals surface area contributed by atoms with Gasteiger partial charge in [-0.15, -0.1) is 0 Å². The zero-order valence-corrected chi connectivity index (χ0v) is 13.8. The van der Waals surface area contributed by atoms with Crippen LogP contribution in [0.4, 0.5) is 5.69 Å². The molecule has 4 heteroatoms. The van der Waals surface area contributed by atoms with Gasteiger partial charge in [-0.05, 0) is 43.2 Å². The minimum atomic E-state index is -0.0674. The first kappa shape index (κ1) is 16.5. The number of hydrogen-bond acceptors (Lipinski definition) is 2. The van der Waals surface area contributed by atoms with E-state index in [9.17, 15) is 4.79 Å². The maximum Gasteiger partial charge on any atom is 0.221 e. The summed E-state index contributed by atoms with van der Waals surface area (Å²) in [5.41, 5.74) is 3.00. The summed E-state index contributed by atoms with van der Waals surface area (Å²) in [6.07, 6.45) is 0. The number of anilines is 1. The third-order valence-corrected chi connectivity index (χ3v) is 3.92. The highest BCUT2D eigenvalue weighted by molar-refractivity contribution is 6.31. The Morgan fingerprint density at radius 2 is 1.77 bits per heavy atom. The highest BCUT2D eigenvalue weighted by Crippen LogP contribution is 2.26. The topological polar surface area (TPSA) is 41.1 Å². The quantitative estimate of drug-likeness (QED) is 0.838. The molecule has 2 unspecified atom stereocenters. The number of nitrogens with one attached hydrogen (secondary N) is 2. The maximum atomic E-state index is 11.2. The molecule has 1 amide bonds. The van der Waals surface area contributed by atoms with Crippen molar-refractivity contribution in [3.05, 3.63) is 64.7 Å². The molecule has 0 aliphatic rings. The van der Waals surface area contributed by atoms with Gasteiger partial charge >= 0.3 is 0 Å². The van der Waals surface area contributed by atoms with Gasteiger partial charge in [0.1, 0.15) is 0 Å². The number of benzene rings is 2. The molecule has 2 atom stereocenters. The van der Waals surface area contributed by atoms with Crippen molar-refractivity contribution in [1.82, 2.24) is 5.32 Å². The van der Waals surface area contributed by atoms with E-state index in [1.165, 1.54) is 6.92 Å². The highest BCUT2D eigenvalue weighted by atomic mass is 35.5. The van der Waals surface area contributed by atoms with Crippen LogP contribution in [0.5, 0.6) is 0 Å². The van der Waals surface area contributed by atoms with Crippen LogP contribution in [-0.2, 0) is 4.79 Å². The Hall–Kier alpha value is -1.84. The van der Waals surface area contributed by atoms with E-state index >= 15 is 0 Å². The summed E-state index contributed by atoms with van der Waals surface area (Å²) in [4.78, 5) is 11.2. The second kappa shape index (κ2) is 7.43. The predicted molar refractivity (Wildman–Crippen MR) is 92.2 cm³/mol. The summed E-state index contributed by atoms with van der Waals surface area (Å²) in [5.74, 6) is -0.0674. The van der Waals surface area contributed by atoms with E-state index in [4.69, 9.17) is 11.6 Å². The van der Waals surface area contributed by atoms with Crippen LogP contribution in [0.3, 0.4) is 0 Å². The molecule has 22 heavy (non-hydrogen) atoms. The first-order valence-electron chi connectivity index (χ1n) is 7.35. The highest BCUT2D eigenvalue weighted by Gasteiger charge is 2.13. The van der Waals surface area contributed by atoms with E-state index in [1.54, 1.807) is 0 Å². The summed E-state index contributed by atoms with van der Waals surface area (Å²) in [7, 11) is 0. The molecule has 2 aromatic rings. The number of carbonyl (C=O) groups is 1. The van der Waals surface area contributed by atoms with Gasteiger partial charge in [-0.3, -0.25) is 4.79 Å². The van der Waals surface area contributed by atoms with Crippen LogP contribution < -0.4 is 10.6 Å². The summed E-state index contributed by atoms with van der Waals surface area (Å²) in [6, 6.07) is 16.0. The molecule has 0 saturated heterocycles. The van der Waals surface area contributed by atoms with E-state index in [0.29, 0.717) is 0 Å². The first-order chi connectivity index (χ1) is 10.5. The molecule has 0 aromatic heterocycles. The molecule has 2 rings (SSSR count). The van der Waals surface area contributed by atoms with Gasteiger partial charge in [-0.25, -0.2) is 0 Å². The van der Waals surface area contributed by atoms with Gasteiger partial charge in [0.2, 0.25) is 5.91 Å². The standard InChI is InChI=1S/C18H21ClN2O/c1-12(15-7-6-8-16(11-15)21-14(3)22)20-13(2)17-9-4-5-10-18(17)19/h4-13,20H,1-3H3,(H,21,22). The lowest BCUT2D eigenvalue weighted by Crippen LogP contribution is -2.22. The fourth-order valence-corrected chi connectivity index (χ4v) is 2.78. The number of halogens is 1. The molecular formula is C18H21ClN2O. The van der Waals surface area contributed by atoms with Crippen LogP contribution >= 0.6 is 11.6 Å². The Balaban J connectivity index is 2.10. The van der Waals surface area contributed by atoms with Crippen molar-refractivity contribution in [3.63, 3.8) is 0 Å². The van der Waals surface area contributed by atoms with E-state index in [1.807, 2.05) is 48.5 Å². The van der Waals surface area contributed by atoms with Crippen molar-refractivity contribution in [2.75, 3.05) is 5.32 Å². The van der Waals surface area contributed by atoms with Crippen LogP contribution in [-0.4, -0.2) is 5.91 Å². The molecule has 0 fully saturated rings. The molecule has 2 N–H and O–H groups in total. The summed E-state index contributed by atoms with van der Waals surface area (Å²) in [6.45, 7) is 5.70. The Morgan fingerprint density at radius 3 is 2.45 bits per heavy atom. The third kappa shape index (κ3) is 4.33. The Morgan fingerprint density at radius 1 is 1.05 bits per heavy atom. The smallest absolute Gasteiger partial charge is 0.221 e. The van der Waals surface area contributed by atoms with Gasteiger partial charge in [0.25, 0.3) is 0 Å². The van der Waals surface area contributed by atoms with Crippen LogP contribution in [0.15, 0.2) is 48.5 Å². The molecule has 3 nitrogen and oxygen atoms in total. The third-order valence-electron chi connectivity index (χ3n) is 3.58. The molecule has 0 bridgehead atoms. The first-order valence-corrected chi connectivity index (χ1v) is 7.73. The van der Waals surface area contributed by atoms with Crippen molar-refractivity contribution in [2.24, 2.45) is 0 Å². The Kier molecular flexibility index (Phi) is 5.58. The molecule has 2 aromatic carbocycles. The van der Waals surface area contributed by atoms with E-state index < -0.39 is 0 Å². The molecule has 0 aliphatic carbocycles. The molecule has 0 heterocycles. The second-order valence-electron chi connectivity index (χ2n) is 5.44. The minimum absolute atomic E-state index is 0.0674. The zero-order valence-electron chi connectivity index (χ0n) is 13.1. The van der Waals surface area contributed by atoms with Crippen LogP contribution in [0, 0.1) is 0 Å². The fourth-order valence-electron chi connectivity index (χ4n) is 2.48. The van der Waals surface area contributed by atoms with Crippen molar-refractivity contribution in [2.45, 2.75) is 32.9 Å². The summed E-state index contributed by atoms with van der Waals surface area (Å²) in [5, 5.41) is 7.11. The summed E-state index contributed by atoms with van der Waals surface area (Å²) < 4.78 is 0. The van der Waals surface area contributed by atoms with Gasteiger partial charge in [-0.2, -0.15) is 0 Å². The second-order valence-corrected chi connectivity index (χ2v) is 5.85. The van der Waals surface area contributed by atoms with Crippen LogP contribution in [0.25, 0.3) is 0 Å². The van der Waals surface area contributed by atoms with Gasteiger partial charge in [0.15, 0.2) is 0 Å². The average molecular weight is 317 g/mol. The van der Waals surface area contributed by atoms with Crippen molar-refractivity contribution in [3.8, 4) is 0 Å². The van der Waals surface area contributed by atoms with Gasteiger partial charge in [-0.1, -0.05) is 41.9 Å². The van der Waals surface area contributed by atoms with Crippen molar-refractivity contribution >= 4 is 23.2 Å². The average Bonchev–Trinajstić information content (AvgIpc) is 2.47. The number of carbonyl (C=O) groups excluding carboxylic acids is 1. The minimum Gasteiger partial charge on any atom is -0.326 e. The van der Waals surface area contributed by atoms with Crippen LogP contribution in [0.1, 0.15) is 44.0 Å². The number of amides is 1. The van der Waals surface area contributed by atoms with Crippen LogP contribution in [0.2, 0.25) is 5.02 Å². The maximum absolute atomic E-state index is 11.2. The lowest BCUT2D eigenvalue weighted by atomic mass is 10.0. The lowest BCUT2D eigenvalue weighted by molar-refractivity contribution is -0.114. The van der Waals surface area contributed by atoms with Gasteiger partial charge in [0.05, 0.1) is 0 Å². The Bertz CT molecular complexity index is 657. The lowest BCUT2D eigenvalue weighted by Gasteiger charge is -2.22. The van der Waals surface area contributed by atoms with Gasteiger partial charge < -0.3 is 10.6 Å². The number of rotatable bonds is 5. The monoisotopic (exact) mass is 316 g/mol. The van der Waals surface area contributed by atoms with Crippen molar-refractivity contribution in [1.29, 1.82) is 0 Å². The molecule has 0 spiro atoms. The SMILES string of the molecule is CC(=O)Nc1cccc(C(C)NC(C)c2ccccc2Cl)c1.